The Bertz CT molecular complexity index is 427. The highest BCUT2D eigenvalue weighted by molar-refractivity contribution is 5.84. The van der Waals surface area contributed by atoms with E-state index in [1.807, 2.05) is 6.07 Å². The van der Waals surface area contributed by atoms with E-state index in [1.54, 1.807) is 0 Å². The monoisotopic (exact) mass is 278 g/mol. The lowest BCUT2D eigenvalue weighted by molar-refractivity contribution is -0.144. The second kappa shape index (κ2) is 6.25. The maximum atomic E-state index is 12.2. The van der Waals surface area contributed by atoms with Crippen molar-refractivity contribution in [2.75, 3.05) is 13.2 Å². The van der Waals surface area contributed by atoms with E-state index in [0.717, 1.165) is 12.8 Å². The Morgan fingerprint density at radius 2 is 2.05 bits per heavy atom. The predicted molar refractivity (Wildman–Crippen MR) is 72.2 cm³/mol. The summed E-state index contributed by atoms with van der Waals surface area (Å²) < 4.78 is 4.82. The van der Waals surface area contributed by atoms with E-state index in [9.17, 15) is 9.59 Å². The molecule has 2 saturated carbocycles. The van der Waals surface area contributed by atoms with Gasteiger partial charge in [-0.2, -0.15) is 5.26 Å². The largest absolute Gasteiger partial charge is 0.463 e. The Balaban J connectivity index is 1.74. The maximum absolute atomic E-state index is 12.2. The summed E-state index contributed by atoms with van der Waals surface area (Å²) in [5.74, 6) is 1.98. The molecule has 0 aromatic heterocycles. The van der Waals surface area contributed by atoms with E-state index in [-0.39, 0.29) is 31.4 Å². The van der Waals surface area contributed by atoms with Crippen LogP contribution in [0.1, 0.15) is 33.1 Å². The third kappa shape index (κ3) is 2.95. The summed E-state index contributed by atoms with van der Waals surface area (Å²) in [5.41, 5.74) is 0. The molecule has 0 heterocycles. The van der Waals surface area contributed by atoms with Gasteiger partial charge in [0.25, 0.3) is 0 Å². The van der Waals surface area contributed by atoms with Crippen LogP contribution in [0.4, 0.5) is 0 Å². The number of carbonyl (C=O) groups excluding carboxylic acids is 2. The zero-order chi connectivity index (χ0) is 14.7. The first-order valence-electron chi connectivity index (χ1n) is 7.35. The molecule has 0 aliphatic heterocycles. The van der Waals surface area contributed by atoms with Gasteiger partial charge in [-0.15, -0.1) is 0 Å². The Kier molecular flexibility index (Phi) is 4.64. The number of esters is 1. The lowest BCUT2D eigenvalue weighted by Crippen LogP contribution is -2.40. The summed E-state index contributed by atoms with van der Waals surface area (Å²) >= 11 is 0. The van der Waals surface area contributed by atoms with Crippen LogP contribution in [0.5, 0.6) is 0 Å². The van der Waals surface area contributed by atoms with E-state index in [1.165, 1.54) is 0 Å². The van der Waals surface area contributed by atoms with Crippen LogP contribution in [-0.4, -0.2) is 25.0 Å². The summed E-state index contributed by atoms with van der Waals surface area (Å²) in [7, 11) is 0. The van der Waals surface area contributed by atoms with Crippen LogP contribution in [0.2, 0.25) is 0 Å². The molecule has 0 aromatic carbocycles. The molecule has 0 aromatic rings. The average Bonchev–Trinajstić information content (AvgIpc) is 2.97. The summed E-state index contributed by atoms with van der Waals surface area (Å²) in [6.07, 6.45) is 2.28. The van der Waals surface area contributed by atoms with Gasteiger partial charge in [0, 0.05) is 5.92 Å². The zero-order valence-electron chi connectivity index (χ0n) is 12.1. The minimum absolute atomic E-state index is 0.0199. The van der Waals surface area contributed by atoms with Crippen molar-refractivity contribution >= 4 is 11.9 Å². The standard InChI is InChI=1S/C15H22N2O3/c1-9-10(2)12-6-11(9)7-13(12)15(19)17-8-14(18)20-5-3-4-16/h9-13H,3,5-8H2,1-2H3,(H,17,19). The summed E-state index contributed by atoms with van der Waals surface area (Å²) in [5, 5.41) is 11.0. The van der Waals surface area contributed by atoms with E-state index >= 15 is 0 Å². The number of hydrogen-bond acceptors (Lipinski definition) is 4. The number of rotatable bonds is 5. The van der Waals surface area contributed by atoms with Gasteiger partial charge in [-0.3, -0.25) is 9.59 Å². The van der Waals surface area contributed by atoms with Crippen molar-refractivity contribution in [3.05, 3.63) is 0 Å². The van der Waals surface area contributed by atoms with Crippen molar-refractivity contribution < 1.29 is 14.3 Å². The molecule has 2 bridgehead atoms. The maximum Gasteiger partial charge on any atom is 0.325 e. The van der Waals surface area contributed by atoms with Gasteiger partial charge < -0.3 is 10.1 Å². The molecule has 5 heteroatoms. The number of amides is 1. The summed E-state index contributed by atoms with van der Waals surface area (Å²) in [4.78, 5) is 23.5. The van der Waals surface area contributed by atoms with E-state index in [4.69, 9.17) is 10.00 Å². The molecule has 2 rings (SSSR count). The number of nitriles is 1. The van der Waals surface area contributed by atoms with E-state index in [0.29, 0.717) is 23.7 Å². The molecule has 2 aliphatic carbocycles. The molecule has 2 fully saturated rings. The summed E-state index contributed by atoms with van der Waals surface area (Å²) in [6.45, 7) is 4.50. The Labute approximate surface area is 119 Å². The van der Waals surface area contributed by atoms with Gasteiger partial charge in [0.15, 0.2) is 0 Å². The predicted octanol–water partition coefficient (Wildman–Crippen LogP) is 1.49. The Morgan fingerprint density at radius 1 is 1.30 bits per heavy atom. The molecule has 0 spiro atoms. The Hall–Kier alpha value is -1.57. The molecule has 2 aliphatic rings. The first-order chi connectivity index (χ1) is 9.54. The molecule has 5 atom stereocenters. The molecular weight excluding hydrogens is 256 g/mol. The van der Waals surface area contributed by atoms with Gasteiger partial charge in [-0.05, 0) is 36.5 Å². The van der Waals surface area contributed by atoms with Crippen LogP contribution in [-0.2, 0) is 14.3 Å². The van der Waals surface area contributed by atoms with Crippen molar-refractivity contribution in [2.24, 2.45) is 29.6 Å². The van der Waals surface area contributed by atoms with Crippen LogP contribution in [0, 0.1) is 40.9 Å². The fourth-order valence-corrected chi connectivity index (χ4v) is 3.79. The highest BCUT2D eigenvalue weighted by Gasteiger charge is 2.50. The van der Waals surface area contributed by atoms with Crippen LogP contribution in [0.25, 0.3) is 0 Å². The molecular formula is C15H22N2O3. The SMILES string of the molecule is CC1C2CC(C(=O)NCC(=O)OCCC#N)C(C2)C1C. The highest BCUT2D eigenvalue weighted by Crippen LogP contribution is 2.54. The molecule has 1 N–H and O–H groups in total. The van der Waals surface area contributed by atoms with Crippen molar-refractivity contribution in [1.29, 1.82) is 5.26 Å². The van der Waals surface area contributed by atoms with E-state index < -0.39 is 5.97 Å². The van der Waals surface area contributed by atoms with Crippen molar-refractivity contribution in [2.45, 2.75) is 33.1 Å². The van der Waals surface area contributed by atoms with Crippen LogP contribution in [0.15, 0.2) is 0 Å². The van der Waals surface area contributed by atoms with Gasteiger partial charge >= 0.3 is 5.97 Å². The number of nitrogens with one attached hydrogen (secondary N) is 1. The first kappa shape index (κ1) is 14.8. The topological polar surface area (TPSA) is 79.2 Å². The first-order valence-corrected chi connectivity index (χ1v) is 7.35. The van der Waals surface area contributed by atoms with Gasteiger partial charge in [-0.1, -0.05) is 13.8 Å². The molecule has 1 amide bonds. The third-order valence-corrected chi connectivity index (χ3v) is 5.12. The van der Waals surface area contributed by atoms with Gasteiger partial charge in [0.05, 0.1) is 12.5 Å². The van der Waals surface area contributed by atoms with Crippen molar-refractivity contribution in [1.82, 2.24) is 5.32 Å². The minimum atomic E-state index is -0.474. The molecule has 0 saturated heterocycles. The van der Waals surface area contributed by atoms with Crippen molar-refractivity contribution in [3.63, 3.8) is 0 Å². The summed E-state index contributed by atoms with van der Waals surface area (Å²) in [6, 6.07) is 1.90. The lowest BCUT2D eigenvalue weighted by atomic mass is 9.75. The van der Waals surface area contributed by atoms with Gasteiger partial charge in [-0.25, -0.2) is 0 Å². The third-order valence-electron chi connectivity index (χ3n) is 5.12. The molecule has 5 nitrogen and oxygen atoms in total. The van der Waals surface area contributed by atoms with Gasteiger partial charge in [0.2, 0.25) is 5.91 Å². The fraction of sp³-hybridized carbons (Fsp3) is 0.800. The number of fused-ring (bicyclic) bond motifs is 2. The second-order valence-electron chi connectivity index (χ2n) is 6.07. The lowest BCUT2D eigenvalue weighted by Gasteiger charge is -2.30. The Morgan fingerprint density at radius 3 is 2.65 bits per heavy atom. The smallest absolute Gasteiger partial charge is 0.325 e. The fourth-order valence-electron chi connectivity index (χ4n) is 3.79. The molecule has 0 radical (unpaired) electrons. The number of hydrogen-bond donors (Lipinski definition) is 1. The normalized spacial score (nSPS) is 34.5. The van der Waals surface area contributed by atoms with E-state index in [2.05, 4.69) is 19.2 Å². The second-order valence-corrected chi connectivity index (χ2v) is 6.07. The molecule has 110 valence electrons. The van der Waals surface area contributed by atoms with Crippen molar-refractivity contribution in [3.8, 4) is 6.07 Å². The minimum Gasteiger partial charge on any atom is -0.463 e. The zero-order valence-corrected chi connectivity index (χ0v) is 12.1. The van der Waals surface area contributed by atoms with Crippen LogP contribution in [0.3, 0.4) is 0 Å². The number of nitrogens with zero attached hydrogens (tertiary/aromatic N) is 1. The highest BCUT2D eigenvalue weighted by atomic mass is 16.5. The molecule has 5 unspecified atom stereocenters. The number of carbonyl (C=O) groups is 2. The van der Waals surface area contributed by atoms with Crippen LogP contribution < -0.4 is 5.32 Å². The average molecular weight is 278 g/mol. The molecule has 20 heavy (non-hydrogen) atoms. The quantitative estimate of drug-likeness (QED) is 0.610. The van der Waals surface area contributed by atoms with Crippen LogP contribution >= 0.6 is 0 Å². The number of ether oxygens (including phenoxy) is 1. The van der Waals surface area contributed by atoms with Gasteiger partial charge in [0.1, 0.15) is 13.2 Å².